The minimum Gasteiger partial charge on any atom is -0.371 e. The van der Waals surface area contributed by atoms with E-state index in [4.69, 9.17) is 0 Å². The van der Waals surface area contributed by atoms with E-state index in [9.17, 15) is 19.2 Å². The molecule has 2 aliphatic heterocycles. The molecule has 0 spiro atoms. The Kier molecular flexibility index (Phi) is 6.70. The van der Waals surface area contributed by atoms with Gasteiger partial charge in [-0.2, -0.15) is 5.26 Å². The van der Waals surface area contributed by atoms with Crippen molar-refractivity contribution in [3.63, 3.8) is 0 Å². The number of rotatable bonds is 7. The molecule has 6 atom stereocenters. The van der Waals surface area contributed by atoms with Gasteiger partial charge in [-0.1, -0.05) is 37.8 Å². The molecular weight excluding hydrogens is 435 g/mol. The number of carbonyl (C=O) groups excluding carboxylic acids is 2. The summed E-state index contributed by atoms with van der Waals surface area (Å²) in [6.45, 7) is 0.880. The second-order valence-electron chi connectivity index (χ2n) is 10.3. The molecule has 2 amide bonds. The molecule has 1 aromatic carbocycles. The van der Waals surface area contributed by atoms with Crippen LogP contribution in [0.4, 0.5) is 10.1 Å². The van der Waals surface area contributed by atoms with Gasteiger partial charge in [-0.25, -0.2) is 4.39 Å². The molecule has 1 saturated heterocycles. The maximum atomic E-state index is 14.1. The van der Waals surface area contributed by atoms with Crippen LogP contribution in [0, 0.1) is 34.9 Å². The van der Waals surface area contributed by atoms with Gasteiger partial charge < -0.3 is 16.0 Å². The quantitative estimate of drug-likeness (QED) is 0.416. The van der Waals surface area contributed by atoms with E-state index in [2.05, 4.69) is 32.9 Å². The number of fused-ring (bicyclic) bond motifs is 2. The second-order valence-corrected chi connectivity index (χ2v) is 10.3. The smallest absolute Gasteiger partial charge is 0.243 e. The van der Waals surface area contributed by atoms with E-state index in [1.807, 2.05) is 0 Å². The molecule has 2 heterocycles. The van der Waals surface area contributed by atoms with E-state index in [0.29, 0.717) is 36.3 Å². The highest BCUT2D eigenvalue weighted by Gasteiger charge is 2.41. The van der Waals surface area contributed by atoms with Crippen molar-refractivity contribution in [3.8, 4) is 6.07 Å². The van der Waals surface area contributed by atoms with E-state index in [1.54, 1.807) is 12.1 Å². The van der Waals surface area contributed by atoms with Crippen molar-refractivity contribution in [1.82, 2.24) is 21.5 Å². The van der Waals surface area contributed by atoms with Crippen LogP contribution in [-0.4, -0.2) is 42.5 Å². The lowest BCUT2D eigenvalue weighted by atomic mass is 9.72. The molecule has 9 heteroatoms. The molecule has 5 N–H and O–H groups in total. The zero-order valence-corrected chi connectivity index (χ0v) is 19.3. The highest BCUT2D eigenvalue weighted by Crippen LogP contribution is 2.36. The van der Waals surface area contributed by atoms with Crippen molar-refractivity contribution in [2.24, 2.45) is 17.8 Å². The minimum absolute atomic E-state index is 0.167. The first-order valence-corrected chi connectivity index (χ1v) is 12.6. The molecule has 8 nitrogen and oxygen atoms in total. The molecule has 5 rings (SSSR count). The fourth-order valence-corrected chi connectivity index (χ4v) is 5.86. The van der Waals surface area contributed by atoms with E-state index in [-0.39, 0.29) is 23.7 Å². The summed E-state index contributed by atoms with van der Waals surface area (Å²) in [6.07, 6.45) is 7.53. The SMILES string of the molecule is N#CC(NC(=O)C(CC1CC1)NC(=O)C1Cc2cccc(F)c2N1)C1NNCC2CCCCC21. The number of nitrogens with one attached hydrogen (secondary N) is 5. The van der Waals surface area contributed by atoms with Crippen molar-refractivity contribution in [2.45, 2.75) is 75.5 Å². The Morgan fingerprint density at radius 1 is 1.18 bits per heavy atom. The molecule has 34 heavy (non-hydrogen) atoms. The summed E-state index contributed by atoms with van der Waals surface area (Å²) in [4.78, 5) is 26.3. The van der Waals surface area contributed by atoms with Crippen molar-refractivity contribution in [3.05, 3.63) is 29.6 Å². The van der Waals surface area contributed by atoms with Crippen LogP contribution in [0.15, 0.2) is 18.2 Å². The number of carbonyl (C=O) groups is 2. The Bertz CT molecular complexity index is 975. The molecule has 0 bridgehead atoms. The Morgan fingerprint density at radius 3 is 2.76 bits per heavy atom. The molecule has 6 unspecified atom stereocenters. The topological polar surface area (TPSA) is 118 Å². The number of para-hydroxylation sites is 1. The van der Waals surface area contributed by atoms with Crippen LogP contribution in [-0.2, 0) is 16.0 Å². The van der Waals surface area contributed by atoms with Crippen molar-refractivity contribution in [2.75, 3.05) is 11.9 Å². The van der Waals surface area contributed by atoms with Crippen molar-refractivity contribution >= 4 is 17.5 Å². The summed E-state index contributed by atoms with van der Waals surface area (Å²) < 4.78 is 14.1. The summed E-state index contributed by atoms with van der Waals surface area (Å²) >= 11 is 0. The van der Waals surface area contributed by atoms with Gasteiger partial charge in [-0.3, -0.25) is 20.4 Å². The fraction of sp³-hybridized carbons (Fsp3) is 0.640. The number of nitrogens with zero attached hydrogens (tertiary/aromatic N) is 1. The Morgan fingerprint density at radius 2 is 2.00 bits per heavy atom. The van der Waals surface area contributed by atoms with E-state index < -0.39 is 18.1 Å². The van der Waals surface area contributed by atoms with Crippen LogP contribution in [0.1, 0.15) is 50.5 Å². The van der Waals surface area contributed by atoms with E-state index in [0.717, 1.165) is 44.2 Å². The molecule has 0 aromatic heterocycles. The normalized spacial score (nSPS) is 29.5. The predicted octanol–water partition coefficient (Wildman–Crippen LogP) is 1.74. The van der Waals surface area contributed by atoms with Crippen molar-refractivity contribution in [1.29, 1.82) is 5.26 Å². The maximum Gasteiger partial charge on any atom is 0.243 e. The van der Waals surface area contributed by atoms with Crippen LogP contribution >= 0.6 is 0 Å². The number of hydrazine groups is 1. The number of halogens is 1. The zero-order chi connectivity index (χ0) is 23.7. The molecule has 1 aromatic rings. The van der Waals surface area contributed by atoms with Gasteiger partial charge in [0.05, 0.1) is 17.8 Å². The summed E-state index contributed by atoms with van der Waals surface area (Å²) in [5, 5.41) is 18.7. The first-order chi connectivity index (χ1) is 16.5. The summed E-state index contributed by atoms with van der Waals surface area (Å²) in [7, 11) is 0. The summed E-state index contributed by atoms with van der Waals surface area (Å²) in [5.74, 6) is 0.215. The monoisotopic (exact) mass is 468 g/mol. The van der Waals surface area contributed by atoms with Gasteiger partial charge in [0.1, 0.15) is 23.9 Å². The average molecular weight is 469 g/mol. The Balaban J connectivity index is 1.24. The molecule has 0 radical (unpaired) electrons. The lowest BCUT2D eigenvalue weighted by Crippen LogP contribution is -2.64. The molecule has 182 valence electrons. The average Bonchev–Trinajstić information content (AvgIpc) is 3.56. The first-order valence-electron chi connectivity index (χ1n) is 12.6. The molecule has 2 aliphatic carbocycles. The number of hydrogen-bond acceptors (Lipinski definition) is 6. The predicted molar refractivity (Wildman–Crippen MR) is 125 cm³/mol. The second kappa shape index (κ2) is 9.88. The first kappa shape index (κ1) is 23.1. The molecular formula is C25H33FN6O2. The van der Waals surface area contributed by atoms with Crippen LogP contribution in [0.2, 0.25) is 0 Å². The number of nitriles is 1. The van der Waals surface area contributed by atoms with E-state index >= 15 is 0 Å². The minimum atomic E-state index is -0.718. The van der Waals surface area contributed by atoms with Gasteiger partial charge in [0.25, 0.3) is 0 Å². The third-order valence-electron chi connectivity index (χ3n) is 7.92. The van der Waals surface area contributed by atoms with Gasteiger partial charge >= 0.3 is 0 Å². The largest absolute Gasteiger partial charge is 0.371 e. The lowest BCUT2D eigenvalue weighted by Gasteiger charge is -2.44. The van der Waals surface area contributed by atoms with Gasteiger partial charge in [-0.05, 0) is 48.6 Å². The Labute approximate surface area is 199 Å². The summed E-state index contributed by atoms with van der Waals surface area (Å²) in [6, 6.07) is 4.88. The zero-order valence-electron chi connectivity index (χ0n) is 19.3. The maximum absolute atomic E-state index is 14.1. The van der Waals surface area contributed by atoms with Gasteiger partial charge in [0, 0.05) is 13.0 Å². The third-order valence-corrected chi connectivity index (χ3v) is 7.92. The number of benzene rings is 1. The standard InChI is InChI=1S/C25H33FN6O2/c26-18-7-3-5-15-11-20(29-22(15)18)25(34)30-19(10-14-8-9-14)24(33)31-21(12-27)23-17-6-2-1-4-16(17)13-28-32-23/h3,5,7,14,16-17,19-21,23,28-29,32H,1-2,4,6,8-11,13H2,(H,30,34)(H,31,33). The van der Waals surface area contributed by atoms with Crippen LogP contribution in [0.5, 0.6) is 0 Å². The number of anilines is 1. The van der Waals surface area contributed by atoms with Gasteiger partial charge in [0.2, 0.25) is 11.8 Å². The van der Waals surface area contributed by atoms with E-state index in [1.165, 1.54) is 12.5 Å². The fourth-order valence-electron chi connectivity index (χ4n) is 5.86. The lowest BCUT2D eigenvalue weighted by molar-refractivity contribution is -0.130. The van der Waals surface area contributed by atoms with Crippen molar-refractivity contribution < 1.29 is 14.0 Å². The van der Waals surface area contributed by atoms with Crippen LogP contribution in [0.25, 0.3) is 0 Å². The number of hydrogen-bond donors (Lipinski definition) is 5. The van der Waals surface area contributed by atoms with Gasteiger partial charge in [0.15, 0.2) is 0 Å². The van der Waals surface area contributed by atoms with Crippen LogP contribution < -0.4 is 26.8 Å². The molecule has 3 fully saturated rings. The van der Waals surface area contributed by atoms with Crippen LogP contribution in [0.3, 0.4) is 0 Å². The Hall–Kier alpha value is -2.70. The van der Waals surface area contributed by atoms with Gasteiger partial charge in [-0.15, -0.1) is 0 Å². The third kappa shape index (κ3) is 4.89. The highest BCUT2D eigenvalue weighted by molar-refractivity contribution is 5.92. The molecule has 2 saturated carbocycles. The molecule has 4 aliphatic rings. The highest BCUT2D eigenvalue weighted by atomic mass is 19.1. The number of amides is 2. The summed E-state index contributed by atoms with van der Waals surface area (Å²) in [5.41, 5.74) is 7.57.